The van der Waals surface area contributed by atoms with Crippen molar-refractivity contribution in [3.8, 4) is 5.75 Å². The van der Waals surface area contributed by atoms with Crippen LogP contribution in [0.15, 0.2) is 36.4 Å². The minimum absolute atomic E-state index is 0.0752. The lowest BCUT2D eigenvalue weighted by molar-refractivity contribution is -0.149. The molecule has 0 aromatic heterocycles. The van der Waals surface area contributed by atoms with Crippen LogP contribution in [0.3, 0.4) is 0 Å². The Labute approximate surface area is 212 Å². The van der Waals surface area contributed by atoms with Crippen LogP contribution in [-0.4, -0.2) is 77.3 Å². The molecule has 1 aromatic rings. The Balaban J connectivity index is 1.58. The van der Waals surface area contributed by atoms with Gasteiger partial charge in [0.05, 0.1) is 19.8 Å². The van der Waals surface area contributed by atoms with Crippen LogP contribution in [0.25, 0.3) is 0 Å². The van der Waals surface area contributed by atoms with E-state index in [1.165, 1.54) is 4.90 Å². The quantitative estimate of drug-likeness (QED) is 0.476. The second kappa shape index (κ2) is 11.3. The molecule has 1 saturated carbocycles. The molecule has 0 spiro atoms. The summed E-state index contributed by atoms with van der Waals surface area (Å²) < 4.78 is 10.5. The van der Waals surface area contributed by atoms with Crippen LogP contribution in [0.5, 0.6) is 5.75 Å². The fourth-order valence-corrected chi connectivity index (χ4v) is 5.16. The highest BCUT2D eigenvalue weighted by Gasteiger charge is 2.62. The van der Waals surface area contributed by atoms with E-state index < -0.39 is 29.6 Å². The molecule has 9 heteroatoms. The third-order valence-electron chi connectivity index (χ3n) is 7.30. The van der Waals surface area contributed by atoms with E-state index in [0.29, 0.717) is 19.5 Å². The highest BCUT2D eigenvalue weighted by Crippen LogP contribution is 2.46. The van der Waals surface area contributed by atoms with Gasteiger partial charge in [0.15, 0.2) is 0 Å². The number of aliphatic hydroxyl groups is 1. The van der Waals surface area contributed by atoms with Gasteiger partial charge in [0.2, 0.25) is 5.91 Å². The third-order valence-corrected chi connectivity index (χ3v) is 7.30. The molecule has 3 amide bonds. The van der Waals surface area contributed by atoms with Crippen molar-refractivity contribution in [2.45, 2.75) is 69.7 Å². The normalized spacial score (nSPS) is 28.9. The standard InChI is InChI=1S/C27H37N3O6/c1-3-36-25(33)27-16-20(27)9-7-5-4-6-8-14-29(17-19-10-12-22(35-2)13-11-19)26(34)30-18-21(31)15-23(30)24(32)28-27/h7,9-13,20-21,23,31H,3-6,8,14-18H2,1-2H3,(H,28,32)/t20-,21-,23+,27-/m1/s1. The van der Waals surface area contributed by atoms with Crippen molar-refractivity contribution in [3.05, 3.63) is 42.0 Å². The molecule has 36 heavy (non-hydrogen) atoms. The number of allylic oxidation sites excluding steroid dienone is 1. The van der Waals surface area contributed by atoms with E-state index in [1.54, 1.807) is 18.9 Å². The number of hydrogen-bond donors (Lipinski definition) is 2. The number of nitrogens with one attached hydrogen (secondary N) is 1. The van der Waals surface area contributed by atoms with Crippen molar-refractivity contribution >= 4 is 17.9 Å². The van der Waals surface area contributed by atoms with Crippen molar-refractivity contribution in [1.29, 1.82) is 0 Å². The van der Waals surface area contributed by atoms with E-state index in [0.717, 1.165) is 37.0 Å². The minimum Gasteiger partial charge on any atom is -0.497 e. The van der Waals surface area contributed by atoms with E-state index in [9.17, 15) is 19.5 Å². The number of urea groups is 1. The van der Waals surface area contributed by atoms with Crippen LogP contribution >= 0.6 is 0 Å². The molecule has 2 heterocycles. The molecule has 4 atom stereocenters. The number of ether oxygens (including phenoxy) is 2. The predicted octanol–water partition coefficient (Wildman–Crippen LogP) is 2.62. The van der Waals surface area contributed by atoms with Gasteiger partial charge in [0, 0.05) is 32.0 Å². The summed E-state index contributed by atoms with van der Waals surface area (Å²) in [6.07, 6.45) is 7.50. The summed E-state index contributed by atoms with van der Waals surface area (Å²) in [7, 11) is 1.61. The minimum atomic E-state index is -1.10. The molecule has 3 aliphatic rings. The zero-order valence-corrected chi connectivity index (χ0v) is 21.2. The Morgan fingerprint density at radius 2 is 1.97 bits per heavy atom. The van der Waals surface area contributed by atoms with Gasteiger partial charge in [-0.3, -0.25) is 4.79 Å². The summed E-state index contributed by atoms with van der Waals surface area (Å²) >= 11 is 0. The summed E-state index contributed by atoms with van der Waals surface area (Å²) in [4.78, 5) is 43.2. The zero-order chi connectivity index (χ0) is 25.7. The first-order valence-electron chi connectivity index (χ1n) is 12.9. The van der Waals surface area contributed by atoms with Gasteiger partial charge in [-0.15, -0.1) is 0 Å². The van der Waals surface area contributed by atoms with Crippen LogP contribution in [0, 0.1) is 5.92 Å². The molecular weight excluding hydrogens is 462 g/mol. The molecule has 1 aromatic carbocycles. The highest BCUT2D eigenvalue weighted by atomic mass is 16.5. The molecule has 1 aliphatic carbocycles. The first-order valence-corrected chi connectivity index (χ1v) is 12.9. The molecule has 0 radical (unpaired) electrons. The Morgan fingerprint density at radius 3 is 2.69 bits per heavy atom. The summed E-state index contributed by atoms with van der Waals surface area (Å²) in [5.74, 6) is -0.269. The van der Waals surface area contributed by atoms with Crippen LogP contribution in [-0.2, 0) is 20.9 Å². The zero-order valence-electron chi connectivity index (χ0n) is 21.2. The average molecular weight is 500 g/mol. The van der Waals surface area contributed by atoms with E-state index in [1.807, 2.05) is 30.3 Å². The molecule has 196 valence electrons. The van der Waals surface area contributed by atoms with Crippen molar-refractivity contribution in [1.82, 2.24) is 15.1 Å². The second-order valence-corrected chi connectivity index (χ2v) is 9.88. The Kier molecular flexibility index (Phi) is 8.18. The van der Waals surface area contributed by atoms with E-state index in [2.05, 4.69) is 11.4 Å². The first-order chi connectivity index (χ1) is 17.4. The highest BCUT2D eigenvalue weighted by molar-refractivity contribution is 5.95. The number of carbonyl (C=O) groups is 3. The van der Waals surface area contributed by atoms with E-state index in [-0.39, 0.29) is 31.5 Å². The molecule has 0 bridgehead atoms. The summed E-state index contributed by atoms with van der Waals surface area (Å²) in [6.45, 7) is 2.97. The number of nitrogens with zero attached hydrogens (tertiary/aromatic N) is 2. The summed E-state index contributed by atoms with van der Waals surface area (Å²) in [5, 5.41) is 13.3. The number of methoxy groups -OCH3 is 1. The lowest BCUT2D eigenvalue weighted by atomic mass is 10.1. The van der Waals surface area contributed by atoms with Gasteiger partial charge in [-0.1, -0.05) is 30.7 Å². The van der Waals surface area contributed by atoms with E-state index >= 15 is 0 Å². The Bertz CT molecular complexity index is 980. The molecule has 2 N–H and O–H groups in total. The van der Waals surface area contributed by atoms with Crippen LogP contribution in [0.4, 0.5) is 4.79 Å². The van der Waals surface area contributed by atoms with Gasteiger partial charge in [0.1, 0.15) is 17.3 Å². The smallest absolute Gasteiger partial charge is 0.332 e. The molecule has 1 saturated heterocycles. The fourth-order valence-electron chi connectivity index (χ4n) is 5.16. The van der Waals surface area contributed by atoms with Crippen molar-refractivity contribution in [3.63, 3.8) is 0 Å². The van der Waals surface area contributed by atoms with Crippen LogP contribution < -0.4 is 10.1 Å². The fraction of sp³-hybridized carbons (Fsp3) is 0.593. The molecular formula is C27H37N3O6. The van der Waals surface area contributed by atoms with Crippen molar-refractivity contribution in [2.75, 3.05) is 26.8 Å². The number of esters is 1. The number of aliphatic hydroxyl groups excluding tert-OH is 1. The van der Waals surface area contributed by atoms with Crippen molar-refractivity contribution in [2.24, 2.45) is 5.92 Å². The SMILES string of the molecule is CCOC(=O)[C@@]12C[C@H]1C=CCCCCCN(Cc1ccc(OC)cc1)C(=O)N1C[C@H](O)C[C@H]1C(=O)N2. The Morgan fingerprint density at radius 1 is 1.19 bits per heavy atom. The van der Waals surface area contributed by atoms with Crippen LogP contribution in [0.2, 0.25) is 0 Å². The maximum absolute atomic E-state index is 13.7. The lowest BCUT2D eigenvalue weighted by Crippen LogP contribution is -2.55. The number of fused-ring (bicyclic) bond motifs is 2. The van der Waals surface area contributed by atoms with Gasteiger partial charge >= 0.3 is 12.0 Å². The van der Waals surface area contributed by atoms with Gasteiger partial charge < -0.3 is 29.7 Å². The molecule has 2 fully saturated rings. The summed E-state index contributed by atoms with van der Waals surface area (Å²) in [5.41, 5.74) is -0.151. The van der Waals surface area contributed by atoms with Crippen LogP contribution in [0.1, 0.15) is 51.0 Å². The number of carbonyl (C=O) groups excluding carboxylic acids is 3. The Hall–Kier alpha value is -3.07. The topological polar surface area (TPSA) is 108 Å². The van der Waals surface area contributed by atoms with E-state index in [4.69, 9.17) is 9.47 Å². The van der Waals surface area contributed by atoms with Gasteiger partial charge in [-0.2, -0.15) is 0 Å². The maximum atomic E-state index is 13.7. The number of rotatable bonds is 5. The number of amides is 3. The lowest BCUT2D eigenvalue weighted by Gasteiger charge is -2.32. The maximum Gasteiger partial charge on any atom is 0.332 e. The monoisotopic (exact) mass is 499 g/mol. The second-order valence-electron chi connectivity index (χ2n) is 9.88. The van der Waals surface area contributed by atoms with Crippen molar-refractivity contribution < 1.29 is 29.0 Å². The first kappa shape index (κ1) is 26.0. The molecule has 4 rings (SSSR count). The molecule has 2 aliphatic heterocycles. The third kappa shape index (κ3) is 5.67. The van der Waals surface area contributed by atoms with Gasteiger partial charge in [-0.25, -0.2) is 9.59 Å². The van der Waals surface area contributed by atoms with Gasteiger partial charge in [-0.05, 0) is 50.3 Å². The number of hydrogen-bond acceptors (Lipinski definition) is 6. The molecule has 9 nitrogen and oxygen atoms in total. The largest absolute Gasteiger partial charge is 0.497 e. The number of benzene rings is 1. The average Bonchev–Trinajstić information content (AvgIpc) is 3.42. The molecule has 0 unspecified atom stereocenters. The van der Waals surface area contributed by atoms with Gasteiger partial charge in [0.25, 0.3) is 0 Å². The summed E-state index contributed by atoms with van der Waals surface area (Å²) in [6, 6.07) is 6.42. The predicted molar refractivity (Wildman–Crippen MR) is 133 cm³/mol.